The first-order valence-electron chi connectivity index (χ1n) is 7.80. The number of carbonyl (C=O) groups excluding carboxylic acids is 1. The van der Waals surface area contributed by atoms with E-state index in [1.165, 1.54) is 6.42 Å². The lowest BCUT2D eigenvalue weighted by atomic mass is 9.82. The van der Waals surface area contributed by atoms with E-state index in [1.54, 1.807) is 0 Å². The molecule has 0 spiro atoms. The second kappa shape index (κ2) is 6.94. The van der Waals surface area contributed by atoms with Gasteiger partial charge in [0.05, 0.1) is 12.1 Å². The molecule has 4 heteroatoms. The molecule has 1 aliphatic carbocycles. The van der Waals surface area contributed by atoms with Gasteiger partial charge in [-0.3, -0.25) is 4.79 Å². The number of nitrogens with one attached hydrogen (secondary N) is 1. The maximum absolute atomic E-state index is 12.2. The minimum Gasteiger partial charge on any atom is -0.489 e. The van der Waals surface area contributed by atoms with E-state index in [-0.39, 0.29) is 12.0 Å². The highest BCUT2D eigenvalue weighted by molar-refractivity contribution is 5.86. The predicted molar refractivity (Wildman–Crippen MR) is 84.3 cm³/mol. The summed E-state index contributed by atoms with van der Waals surface area (Å²) < 4.78 is 5.81. The standard InChI is InChI=1S/C17H26N2O2/c1-13-7-6-8-15(11-13)21-14(2)12-19-16(20)17(18)9-4-3-5-10-17/h6-8,11,14H,3-5,9-10,12,18H2,1-2H3,(H,19,20). The van der Waals surface area contributed by atoms with Crippen LogP contribution in [0.25, 0.3) is 0 Å². The Morgan fingerprint density at radius 3 is 2.76 bits per heavy atom. The van der Waals surface area contributed by atoms with Gasteiger partial charge in [-0.25, -0.2) is 0 Å². The third kappa shape index (κ3) is 4.46. The molecule has 1 unspecified atom stereocenters. The first kappa shape index (κ1) is 15.8. The van der Waals surface area contributed by atoms with Gasteiger partial charge < -0.3 is 15.8 Å². The summed E-state index contributed by atoms with van der Waals surface area (Å²) in [4.78, 5) is 12.2. The van der Waals surface area contributed by atoms with Gasteiger partial charge in [0.1, 0.15) is 11.9 Å². The normalized spacial score (nSPS) is 18.8. The van der Waals surface area contributed by atoms with Crippen molar-refractivity contribution in [1.82, 2.24) is 5.32 Å². The topological polar surface area (TPSA) is 64.3 Å². The van der Waals surface area contributed by atoms with Gasteiger partial charge in [-0.1, -0.05) is 31.4 Å². The zero-order valence-electron chi connectivity index (χ0n) is 13.0. The Hall–Kier alpha value is -1.55. The minimum atomic E-state index is -0.679. The van der Waals surface area contributed by atoms with Gasteiger partial charge in [-0.15, -0.1) is 0 Å². The fourth-order valence-corrected chi connectivity index (χ4v) is 2.78. The Morgan fingerprint density at radius 1 is 1.38 bits per heavy atom. The van der Waals surface area contributed by atoms with Gasteiger partial charge >= 0.3 is 0 Å². The van der Waals surface area contributed by atoms with Crippen molar-refractivity contribution in [2.45, 2.75) is 57.6 Å². The molecule has 0 aromatic heterocycles. The molecule has 0 radical (unpaired) electrons. The molecule has 0 bridgehead atoms. The Morgan fingerprint density at radius 2 is 2.10 bits per heavy atom. The summed E-state index contributed by atoms with van der Waals surface area (Å²) in [6, 6.07) is 7.91. The average molecular weight is 290 g/mol. The van der Waals surface area contributed by atoms with E-state index >= 15 is 0 Å². The number of ether oxygens (including phenoxy) is 1. The number of carbonyl (C=O) groups is 1. The summed E-state index contributed by atoms with van der Waals surface area (Å²) in [6.45, 7) is 4.46. The van der Waals surface area contributed by atoms with Crippen LogP contribution in [0.4, 0.5) is 0 Å². The molecular weight excluding hydrogens is 264 g/mol. The van der Waals surface area contributed by atoms with Crippen LogP contribution in [0.2, 0.25) is 0 Å². The van der Waals surface area contributed by atoms with Crippen molar-refractivity contribution in [3.05, 3.63) is 29.8 Å². The summed E-state index contributed by atoms with van der Waals surface area (Å²) in [6.07, 6.45) is 4.75. The lowest BCUT2D eigenvalue weighted by molar-refractivity contribution is -0.127. The molecule has 116 valence electrons. The summed E-state index contributed by atoms with van der Waals surface area (Å²) in [5, 5.41) is 2.94. The molecule has 3 N–H and O–H groups in total. The summed E-state index contributed by atoms with van der Waals surface area (Å²) in [5.41, 5.74) is 6.69. The number of amides is 1. The SMILES string of the molecule is Cc1cccc(OC(C)CNC(=O)C2(N)CCCCC2)c1. The molecule has 1 aromatic rings. The van der Waals surface area contributed by atoms with Crippen LogP contribution in [0, 0.1) is 6.92 Å². The fourth-order valence-electron chi connectivity index (χ4n) is 2.78. The van der Waals surface area contributed by atoms with Crippen LogP contribution >= 0.6 is 0 Å². The summed E-state index contributed by atoms with van der Waals surface area (Å²) >= 11 is 0. The number of hydrogen-bond acceptors (Lipinski definition) is 3. The molecule has 4 nitrogen and oxygen atoms in total. The van der Waals surface area contributed by atoms with Crippen LogP contribution in [-0.4, -0.2) is 24.1 Å². The predicted octanol–water partition coefficient (Wildman–Crippen LogP) is 2.54. The van der Waals surface area contributed by atoms with E-state index in [0.717, 1.165) is 37.0 Å². The second-order valence-corrected chi connectivity index (χ2v) is 6.17. The number of hydrogen-bond donors (Lipinski definition) is 2. The van der Waals surface area contributed by atoms with Gasteiger partial charge in [-0.05, 0) is 44.4 Å². The van der Waals surface area contributed by atoms with Gasteiger partial charge in [0, 0.05) is 0 Å². The number of aryl methyl sites for hydroxylation is 1. The van der Waals surface area contributed by atoms with Crippen molar-refractivity contribution in [3.63, 3.8) is 0 Å². The smallest absolute Gasteiger partial charge is 0.240 e. The van der Waals surface area contributed by atoms with E-state index in [0.29, 0.717) is 6.54 Å². The van der Waals surface area contributed by atoms with E-state index in [2.05, 4.69) is 5.32 Å². The summed E-state index contributed by atoms with van der Waals surface area (Å²) in [7, 11) is 0. The number of benzene rings is 1. The van der Waals surface area contributed by atoms with Crippen molar-refractivity contribution in [2.24, 2.45) is 5.73 Å². The molecule has 1 fully saturated rings. The monoisotopic (exact) mass is 290 g/mol. The highest BCUT2D eigenvalue weighted by Crippen LogP contribution is 2.25. The third-order valence-electron chi connectivity index (χ3n) is 4.07. The molecule has 1 saturated carbocycles. The van der Waals surface area contributed by atoms with Crippen LogP contribution in [0.15, 0.2) is 24.3 Å². The minimum absolute atomic E-state index is 0.0399. The van der Waals surface area contributed by atoms with E-state index in [9.17, 15) is 4.79 Å². The largest absolute Gasteiger partial charge is 0.489 e. The Balaban J connectivity index is 1.80. The lowest BCUT2D eigenvalue weighted by Crippen LogP contribution is -2.56. The summed E-state index contributed by atoms with van der Waals surface area (Å²) in [5.74, 6) is 0.791. The molecule has 0 aliphatic heterocycles. The second-order valence-electron chi connectivity index (χ2n) is 6.17. The Kier molecular flexibility index (Phi) is 5.23. The fraction of sp³-hybridized carbons (Fsp3) is 0.588. The average Bonchev–Trinajstić information content (AvgIpc) is 2.45. The van der Waals surface area contributed by atoms with Crippen LogP contribution in [0.3, 0.4) is 0 Å². The molecule has 2 rings (SSSR count). The third-order valence-corrected chi connectivity index (χ3v) is 4.07. The molecule has 1 atom stereocenters. The molecule has 1 aromatic carbocycles. The van der Waals surface area contributed by atoms with Crippen molar-refractivity contribution >= 4 is 5.91 Å². The molecule has 0 heterocycles. The van der Waals surface area contributed by atoms with Gasteiger partial charge in [0.15, 0.2) is 0 Å². The van der Waals surface area contributed by atoms with Crippen LogP contribution in [0.1, 0.15) is 44.6 Å². The van der Waals surface area contributed by atoms with Crippen molar-refractivity contribution in [2.75, 3.05) is 6.54 Å². The van der Waals surface area contributed by atoms with Gasteiger partial charge in [0.25, 0.3) is 0 Å². The number of nitrogens with two attached hydrogens (primary N) is 1. The maximum Gasteiger partial charge on any atom is 0.240 e. The highest BCUT2D eigenvalue weighted by atomic mass is 16.5. The van der Waals surface area contributed by atoms with E-state index in [4.69, 9.17) is 10.5 Å². The first-order valence-corrected chi connectivity index (χ1v) is 7.80. The van der Waals surface area contributed by atoms with Crippen molar-refractivity contribution in [1.29, 1.82) is 0 Å². The number of rotatable bonds is 5. The Labute approximate surface area is 127 Å². The first-order chi connectivity index (χ1) is 9.99. The van der Waals surface area contributed by atoms with E-state index in [1.807, 2.05) is 38.1 Å². The van der Waals surface area contributed by atoms with Crippen molar-refractivity contribution in [3.8, 4) is 5.75 Å². The molecule has 1 aliphatic rings. The zero-order chi connectivity index (χ0) is 15.3. The molecule has 1 amide bonds. The van der Waals surface area contributed by atoms with Crippen LogP contribution in [-0.2, 0) is 4.79 Å². The van der Waals surface area contributed by atoms with Crippen LogP contribution in [0.5, 0.6) is 5.75 Å². The van der Waals surface area contributed by atoms with Crippen LogP contribution < -0.4 is 15.8 Å². The van der Waals surface area contributed by atoms with Gasteiger partial charge in [0.2, 0.25) is 5.91 Å². The van der Waals surface area contributed by atoms with Crippen molar-refractivity contribution < 1.29 is 9.53 Å². The molecule has 0 saturated heterocycles. The van der Waals surface area contributed by atoms with Gasteiger partial charge in [-0.2, -0.15) is 0 Å². The highest BCUT2D eigenvalue weighted by Gasteiger charge is 2.35. The van der Waals surface area contributed by atoms with E-state index < -0.39 is 5.54 Å². The lowest BCUT2D eigenvalue weighted by Gasteiger charge is -2.32. The maximum atomic E-state index is 12.2. The Bertz CT molecular complexity index is 481. The molecule has 21 heavy (non-hydrogen) atoms. The quantitative estimate of drug-likeness (QED) is 0.876. The molecular formula is C17H26N2O2. The zero-order valence-corrected chi connectivity index (χ0v) is 13.0.